The summed E-state index contributed by atoms with van der Waals surface area (Å²) in [5.74, 6) is -0.912. The molecule has 1 aromatic rings. The molecule has 74 valence electrons. The fourth-order valence-corrected chi connectivity index (χ4v) is 0.908. The van der Waals surface area contributed by atoms with Gasteiger partial charge in [0.05, 0.1) is 5.69 Å². The van der Waals surface area contributed by atoms with Crippen LogP contribution in [0.5, 0.6) is 5.75 Å². The van der Waals surface area contributed by atoms with E-state index < -0.39 is 11.8 Å². The van der Waals surface area contributed by atoms with Crippen molar-refractivity contribution in [2.45, 2.75) is 6.92 Å². The number of rotatable bonds is 3. The predicted octanol–water partition coefficient (Wildman–Crippen LogP) is 1.32. The predicted molar refractivity (Wildman–Crippen MR) is 47.4 cm³/mol. The van der Waals surface area contributed by atoms with Crippen molar-refractivity contribution in [1.29, 1.82) is 0 Å². The Labute approximate surface area is 79.7 Å². The van der Waals surface area contributed by atoms with Crippen molar-refractivity contribution < 1.29 is 18.7 Å². The molecule has 0 aliphatic carbocycles. The van der Waals surface area contributed by atoms with Gasteiger partial charge in [-0.1, -0.05) is 0 Å². The van der Waals surface area contributed by atoms with E-state index >= 15 is 0 Å². The highest BCUT2D eigenvalue weighted by Crippen LogP contribution is 2.20. The van der Waals surface area contributed by atoms with Crippen molar-refractivity contribution in [2.24, 2.45) is 0 Å². The lowest BCUT2D eigenvalue weighted by Crippen LogP contribution is -2.03. The molecule has 0 aliphatic heterocycles. The Morgan fingerprint density at radius 1 is 1.57 bits per heavy atom. The van der Waals surface area contributed by atoms with E-state index in [-0.39, 0.29) is 11.4 Å². The van der Waals surface area contributed by atoms with Crippen LogP contribution in [0.1, 0.15) is 6.92 Å². The summed E-state index contributed by atoms with van der Waals surface area (Å²) in [6.45, 7) is 1.23. The summed E-state index contributed by atoms with van der Waals surface area (Å²) in [4.78, 5) is 20.6. The Bertz CT molecular complexity index is 365. The van der Waals surface area contributed by atoms with Gasteiger partial charge in [-0.15, -0.1) is 0 Å². The molecule has 1 aromatic carbocycles. The van der Waals surface area contributed by atoms with Gasteiger partial charge >= 0.3 is 5.97 Å². The molecule has 0 radical (unpaired) electrons. The maximum Gasteiger partial charge on any atom is 0.308 e. The van der Waals surface area contributed by atoms with E-state index in [2.05, 4.69) is 5.32 Å². The van der Waals surface area contributed by atoms with Gasteiger partial charge in [0.1, 0.15) is 11.6 Å². The third kappa shape index (κ3) is 2.55. The van der Waals surface area contributed by atoms with Gasteiger partial charge in [-0.25, -0.2) is 4.39 Å². The molecular weight excluding hydrogens is 189 g/mol. The number of carbonyl (C=O) groups is 2. The zero-order valence-corrected chi connectivity index (χ0v) is 7.41. The molecule has 0 fully saturated rings. The zero-order valence-electron chi connectivity index (χ0n) is 7.41. The number of anilines is 1. The second-order valence-electron chi connectivity index (χ2n) is 2.50. The Kier molecular flexibility index (Phi) is 3.17. The summed E-state index contributed by atoms with van der Waals surface area (Å²) in [7, 11) is 0. The molecule has 0 saturated heterocycles. The first-order valence-electron chi connectivity index (χ1n) is 3.81. The third-order valence-electron chi connectivity index (χ3n) is 1.41. The number of benzene rings is 1. The summed E-state index contributed by atoms with van der Waals surface area (Å²) in [5.41, 5.74) is -0.0289. The molecule has 5 heteroatoms. The largest absolute Gasteiger partial charge is 0.427 e. The number of hydrogen-bond donors (Lipinski definition) is 1. The topological polar surface area (TPSA) is 55.4 Å². The minimum Gasteiger partial charge on any atom is -0.427 e. The normalized spacial score (nSPS) is 9.29. The van der Waals surface area contributed by atoms with Gasteiger partial charge in [0.25, 0.3) is 0 Å². The van der Waals surface area contributed by atoms with Crippen LogP contribution in [0.25, 0.3) is 0 Å². The maximum absolute atomic E-state index is 12.9. The highest BCUT2D eigenvalue weighted by atomic mass is 19.1. The Morgan fingerprint density at radius 3 is 2.86 bits per heavy atom. The maximum atomic E-state index is 12.9. The quantitative estimate of drug-likeness (QED) is 0.451. The van der Waals surface area contributed by atoms with Gasteiger partial charge < -0.3 is 10.1 Å². The third-order valence-corrected chi connectivity index (χ3v) is 1.41. The van der Waals surface area contributed by atoms with Gasteiger partial charge in [0.2, 0.25) is 6.41 Å². The molecule has 1 rings (SSSR count). The summed E-state index contributed by atoms with van der Waals surface area (Å²) in [6, 6.07) is 3.63. The lowest BCUT2D eigenvalue weighted by molar-refractivity contribution is -0.131. The lowest BCUT2D eigenvalue weighted by Gasteiger charge is -2.04. The first kappa shape index (κ1) is 10.2. The molecule has 0 saturated carbocycles. The smallest absolute Gasteiger partial charge is 0.308 e. The Morgan fingerprint density at radius 2 is 2.29 bits per heavy atom. The van der Waals surface area contributed by atoms with E-state index in [4.69, 9.17) is 4.74 Å². The molecule has 1 N–H and O–H groups in total. The number of hydrogen-bond acceptors (Lipinski definition) is 3. The van der Waals surface area contributed by atoms with Crippen LogP contribution in [-0.4, -0.2) is 12.4 Å². The number of carbonyl (C=O) groups excluding carboxylic acids is 2. The van der Waals surface area contributed by atoms with E-state index in [0.717, 1.165) is 6.07 Å². The minimum atomic E-state index is -0.590. The van der Waals surface area contributed by atoms with Crippen LogP contribution in [0.15, 0.2) is 18.2 Å². The van der Waals surface area contributed by atoms with E-state index in [9.17, 15) is 14.0 Å². The van der Waals surface area contributed by atoms with Crippen LogP contribution in [0.3, 0.4) is 0 Å². The van der Waals surface area contributed by atoms with Crippen LogP contribution in [0, 0.1) is 5.82 Å². The van der Waals surface area contributed by atoms with Crippen molar-refractivity contribution in [3.8, 4) is 5.75 Å². The van der Waals surface area contributed by atoms with Crippen molar-refractivity contribution in [3.63, 3.8) is 0 Å². The van der Waals surface area contributed by atoms with Crippen molar-refractivity contribution in [3.05, 3.63) is 24.0 Å². The molecular formula is C9H8FNO3. The molecule has 0 spiro atoms. The average Bonchev–Trinajstić information content (AvgIpc) is 2.10. The highest BCUT2D eigenvalue weighted by Gasteiger charge is 2.04. The molecule has 1 amide bonds. The number of nitrogens with one attached hydrogen (secondary N) is 1. The number of esters is 1. The molecule has 0 unspecified atom stereocenters. The average molecular weight is 197 g/mol. The van der Waals surface area contributed by atoms with Crippen LogP contribution in [0.4, 0.5) is 10.1 Å². The number of amides is 1. The monoisotopic (exact) mass is 197 g/mol. The molecule has 0 aromatic heterocycles. The number of ether oxygens (including phenoxy) is 1. The van der Waals surface area contributed by atoms with Crippen LogP contribution >= 0.6 is 0 Å². The van der Waals surface area contributed by atoms with Crippen LogP contribution in [-0.2, 0) is 9.59 Å². The van der Waals surface area contributed by atoms with Crippen molar-refractivity contribution in [2.75, 3.05) is 5.32 Å². The fraction of sp³-hybridized carbons (Fsp3) is 0.111. The second kappa shape index (κ2) is 4.36. The second-order valence-corrected chi connectivity index (χ2v) is 2.50. The van der Waals surface area contributed by atoms with Gasteiger partial charge in [0, 0.05) is 13.0 Å². The molecule has 0 heterocycles. The highest BCUT2D eigenvalue weighted by molar-refractivity contribution is 5.74. The Balaban J connectivity index is 2.93. The van der Waals surface area contributed by atoms with E-state index in [1.165, 1.54) is 19.1 Å². The Hall–Kier alpha value is -1.91. The summed E-state index contributed by atoms with van der Waals surface area (Å²) in [6.07, 6.45) is 0.343. The van der Waals surface area contributed by atoms with Crippen LogP contribution < -0.4 is 10.1 Å². The van der Waals surface area contributed by atoms with Gasteiger partial charge in [-0.3, -0.25) is 9.59 Å². The first-order valence-corrected chi connectivity index (χ1v) is 3.81. The molecule has 0 bridgehead atoms. The van der Waals surface area contributed by atoms with Crippen LogP contribution in [0.2, 0.25) is 0 Å². The minimum absolute atomic E-state index is 0.0289. The van der Waals surface area contributed by atoms with Gasteiger partial charge in [0.15, 0.2) is 0 Å². The summed E-state index contributed by atoms with van der Waals surface area (Å²) >= 11 is 0. The lowest BCUT2D eigenvalue weighted by atomic mass is 10.3. The van der Waals surface area contributed by atoms with E-state index in [0.29, 0.717) is 6.41 Å². The van der Waals surface area contributed by atoms with E-state index in [1.54, 1.807) is 0 Å². The zero-order chi connectivity index (χ0) is 10.6. The molecule has 4 nitrogen and oxygen atoms in total. The first-order chi connectivity index (χ1) is 6.63. The van der Waals surface area contributed by atoms with E-state index in [1.807, 2.05) is 0 Å². The molecule has 14 heavy (non-hydrogen) atoms. The van der Waals surface area contributed by atoms with Gasteiger partial charge in [-0.05, 0) is 12.1 Å². The SMILES string of the molecule is CC(=O)Oc1ccc(F)c(NC=O)c1. The van der Waals surface area contributed by atoms with Crippen molar-refractivity contribution in [1.82, 2.24) is 0 Å². The number of halogens is 1. The molecule has 0 aliphatic rings. The summed E-state index contributed by atoms with van der Waals surface area (Å²) < 4.78 is 17.6. The molecule has 0 atom stereocenters. The fourth-order valence-electron chi connectivity index (χ4n) is 0.908. The van der Waals surface area contributed by atoms with Crippen molar-refractivity contribution >= 4 is 18.1 Å². The standard InChI is InChI=1S/C9H8FNO3/c1-6(13)14-7-2-3-8(10)9(4-7)11-5-12/h2-5H,1H3,(H,11,12). The summed E-state index contributed by atoms with van der Waals surface area (Å²) in [5, 5.41) is 2.14. The van der Waals surface area contributed by atoms with Gasteiger partial charge in [-0.2, -0.15) is 0 Å².